The second-order valence-electron chi connectivity index (χ2n) is 7.92. The van der Waals surface area contributed by atoms with Gasteiger partial charge in [0.1, 0.15) is 5.75 Å². The summed E-state index contributed by atoms with van der Waals surface area (Å²) in [4.78, 5) is 24.9. The number of methoxy groups -OCH3 is 1. The highest BCUT2D eigenvalue weighted by Gasteiger charge is 2.33. The van der Waals surface area contributed by atoms with E-state index in [1.54, 1.807) is 31.2 Å². The summed E-state index contributed by atoms with van der Waals surface area (Å²) in [6, 6.07) is 6.96. The van der Waals surface area contributed by atoms with Gasteiger partial charge in [0, 0.05) is 12.2 Å². The number of ether oxygens (including phenoxy) is 4. The van der Waals surface area contributed by atoms with Crippen molar-refractivity contribution in [2.75, 3.05) is 39.7 Å². The van der Waals surface area contributed by atoms with Crippen molar-refractivity contribution in [3.05, 3.63) is 33.6 Å². The van der Waals surface area contributed by atoms with Gasteiger partial charge in [-0.05, 0) is 66.5 Å². The van der Waals surface area contributed by atoms with Crippen LogP contribution in [-0.2, 0) is 24.1 Å². The van der Waals surface area contributed by atoms with Crippen LogP contribution < -0.4 is 14.8 Å². The SMILES string of the molecule is CCOC(=O)COc1c(C(=O)OC)sc(-c2cccc(OC(C3CCNCC3)S(C)(=O)=O)c2)c1Br. The molecule has 3 rings (SSSR count). The molecule has 1 aliphatic rings. The molecule has 0 spiro atoms. The van der Waals surface area contributed by atoms with Crippen molar-refractivity contribution in [3.63, 3.8) is 0 Å². The normalized spacial score (nSPS) is 15.3. The zero-order chi connectivity index (χ0) is 25.6. The third-order valence-electron chi connectivity index (χ3n) is 5.36. The van der Waals surface area contributed by atoms with Crippen LogP contribution in [0.5, 0.6) is 11.5 Å². The van der Waals surface area contributed by atoms with Crippen molar-refractivity contribution < 1.29 is 37.0 Å². The monoisotopic (exact) mass is 589 g/mol. The van der Waals surface area contributed by atoms with E-state index in [0.717, 1.165) is 24.4 Å². The highest BCUT2D eigenvalue weighted by molar-refractivity contribution is 9.10. The van der Waals surface area contributed by atoms with Gasteiger partial charge in [0.2, 0.25) is 5.44 Å². The fourth-order valence-corrected chi connectivity index (χ4v) is 6.99. The van der Waals surface area contributed by atoms with Crippen molar-refractivity contribution in [3.8, 4) is 21.9 Å². The molecule has 2 aromatic rings. The highest BCUT2D eigenvalue weighted by Crippen LogP contribution is 2.46. The summed E-state index contributed by atoms with van der Waals surface area (Å²) in [5, 5.41) is 3.23. The quantitative estimate of drug-likeness (QED) is 0.414. The smallest absolute Gasteiger partial charge is 0.351 e. The molecule has 0 aliphatic carbocycles. The number of halogens is 1. The lowest BCUT2D eigenvalue weighted by molar-refractivity contribution is -0.145. The molecular formula is C23H28BrNO8S2. The maximum Gasteiger partial charge on any atom is 0.351 e. The summed E-state index contributed by atoms with van der Waals surface area (Å²) in [6.45, 7) is 3.01. The van der Waals surface area contributed by atoms with Crippen LogP contribution in [0.2, 0.25) is 0 Å². The van der Waals surface area contributed by atoms with Gasteiger partial charge in [-0.25, -0.2) is 18.0 Å². The molecule has 1 atom stereocenters. The minimum atomic E-state index is -3.47. The molecule has 0 radical (unpaired) electrons. The number of rotatable bonds is 10. The molecule has 1 aromatic carbocycles. The summed E-state index contributed by atoms with van der Waals surface area (Å²) < 4.78 is 46.9. The Balaban J connectivity index is 1.92. The highest BCUT2D eigenvalue weighted by atomic mass is 79.9. The average molecular weight is 591 g/mol. The van der Waals surface area contributed by atoms with Crippen LogP contribution in [0.1, 0.15) is 29.4 Å². The van der Waals surface area contributed by atoms with Gasteiger partial charge in [-0.2, -0.15) is 0 Å². The van der Waals surface area contributed by atoms with Gasteiger partial charge < -0.3 is 24.3 Å². The minimum Gasteiger partial charge on any atom is -0.479 e. The van der Waals surface area contributed by atoms with Gasteiger partial charge in [0.25, 0.3) is 0 Å². The van der Waals surface area contributed by atoms with E-state index < -0.39 is 27.2 Å². The molecule has 0 saturated carbocycles. The molecule has 9 nitrogen and oxygen atoms in total. The summed E-state index contributed by atoms with van der Waals surface area (Å²) in [7, 11) is -2.21. The van der Waals surface area contributed by atoms with E-state index in [2.05, 4.69) is 21.2 Å². The Labute approximate surface area is 217 Å². The van der Waals surface area contributed by atoms with Crippen LogP contribution in [0.15, 0.2) is 28.7 Å². The van der Waals surface area contributed by atoms with E-state index >= 15 is 0 Å². The molecule has 1 saturated heterocycles. The maximum atomic E-state index is 12.5. The minimum absolute atomic E-state index is 0.114. The predicted molar refractivity (Wildman–Crippen MR) is 136 cm³/mol. The molecule has 1 aliphatic heterocycles. The van der Waals surface area contributed by atoms with E-state index in [1.165, 1.54) is 13.4 Å². The fraction of sp³-hybridized carbons (Fsp3) is 0.478. The summed E-state index contributed by atoms with van der Waals surface area (Å²) >= 11 is 4.59. The Kier molecular flexibility index (Phi) is 9.56. The molecule has 1 fully saturated rings. The number of thiophene rings is 1. The average Bonchev–Trinajstić information content (AvgIpc) is 3.17. The number of benzene rings is 1. The van der Waals surface area contributed by atoms with E-state index in [1.807, 2.05) is 0 Å². The Morgan fingerprint density at radius 1 is 1.26 bits per heavy atom. The fourth-order valence-electron chi connectivity index (χ4n) is 3.77. The van der Waals surface area contributed by atoms with Gasteiger partial charge >= 0.3 is 11.9 Å². The van der Waals surface area contributed by atoms with Crippen LogP contribution in [0.3, 0.4) is 0 Å². The molecule has 0 bridgehead atoms. The van der Waals surface area contributed by atoms with Crippen LogP contribution in [-0.4, -0.2) is 65.5 Å². The second kappa shape index (κ2) is 12.2. The summed E-state index contributed by atoms with van der Waals surface area (Å²) in [5.74, 6) is -0.734. The lowest BCUT2D eigenvalue weighted by Gasteiger charge is -2.29. The van der Waals surface area contributed by atoms with Gasteiger partial charge in [-0.15, -0.1) is 11.3 Å². The first-order chi connectivity index (χ1) is 16.7. The van der Waals surface area contributed by atoms with Gasteiger partial charge in [-0.1, -0.05) is 12.1 Å². The van der Waals surface area contributed by atoms with Crippen LogP contribution in [0, 0.1) is 5.92 Å². The van der Waals surface area contributed by atoms with Crippen molar-refractivity contribution in [2.24, 2.45) is 5.92 Å². The molecule has 12 heteroatoms. The zero-order valence-corrected chi connectivity index (χ0v) is 22.9. The number of hydrogen-bond donors (Lipinski definition) is 1. The lowest BCUT2D eigenvalue weighted by atomic mass is 9.99. The third kappa shape index (κ3) is 6.96. The summed E-state index contributed by atoms with van der Waals surface area (Å²) in [5.41, 5.74) is -0.284. The standard InChI is InChI=1S/C23H28BrNO8S2/c1-4-31-17(26)13-32-19-18(24)20(34-21(19)22(27)30-2)15-6-5-7-16(12-15)33-23(35(3,28)29)14-8-10-25-11-9-14/h5-7,12,14,23,25H,4,8-11,13H2,1-3H3. The van der Waals surface area contributed by atoms with E-state index in [0.29, 0.717) is 33.5 Å². The molecule has 0 amide bonds. The maximum absolute atomic E-state index is 12.5. The Morgan fingerprint density at radius 3 is 2.60 bits per heavy atom. The number of piperidine rings is 1. The van der Waals surface area contributed by atoms with Gasteiger partial charge in [-0.3, -0.25) is 0 Å². The van der Waals surface area contributed by atoms with Crippen LogP contribution in [0.4, 0.5) is 0 Å². The van der Waals surface area contributed by atoms with E-state index in [4.69, 9.17) is 18.9 Å². The summed E-state index contributed by atoms with van der Waals surface area (Å²) in [6.07, 6.45) is 2.60. The van der Waals surface area contributed by atoms with E-state index in [9.17, 15) is 18.0 Å². The molecule has 1 unspecified atom stereocenters. The van der Waals surface area contributed by atoms with Crippen molar-refractivity contribution in [1.82, 2.24) is 5.32 Å². The molecular weight excluding hydrogens is 562 g/mol. The molecule has 1 N–H and O–H groups in total. The van der Waals surface area contributed by atoms with Gasteiger partial charge in [0.05, 0.1) is 23.1 Å². The second-order valence-corrected chi connectivity index (χ2v) is 11.9. The van der Waals surface area contributed by atoms with Crippen molar-refractivity contribution in [2.45, 2.75) is 25.2 Å². The number of nitrogens with one attached hydrogen (secondary N) is 1. The molecule has 35 heavy (non-hydrogen) atoms. The van der Waals surface area contributed by atoms with Gasteiger partial charge in [0.15, 0.2) is 27.1 Å². The van der Waals surface area contributed by atoms with Crippen molar-refractivity contribution >= 4 is 49.0 Å². The number of carbonyl (C=O) groups is 2. The topological polar surface area (TPSA) is 117 Å². The molecule has 192 valence electrons. The first-order valence-electron chi connectivity index (χ1n) is 11.0. The van der Waals surface area contributed by atoms with Crippen molar-refractivity contribution in [1.29, 1.82) is 0 Å². The zero-order valence-electron chi connectivity index (χ0n) is 19.7. The van der Waals surface area contributed by atoms with E-state index in [-0.39, 0.29) is 29.8 Å². The Morgan fingerprint density at radius 2 is 1.97 bits per heavy atom. The number of esters is 2. The number of sulfone groups is 1. The number of carbonyl (C=O) groups excluding carboxylic acids is 2. The Bertz CT molecular complexity index is 1160. The largest absolute Gasteiger partial charge is 0.479 e. The molecule has 2 heterocycles. The molecule has 1 aromatic heterocycles. The first kappa shape index (κ1) is 27.4. The third-order valence-corrected chi connectivity index (χ3v) is 8.90. The van der Waals surface area contributed by atoms with Crippen LogP contribution in [0.25, 0.3) is 10.4 Å². The Hall–Kier alpha value is -2.15. The number of hydrogen-bond acceptors (Lipinski definition) is 10. The first-order valence-corrected chi connectivity index (χ1v) is 14.6. The van der Waals surface area contributed by atoms with Crippen LogP contribution >= 0.6 is 27.3 Å². The predicted octanol–water partition coefficient (Wildman–Crippen LogP) is 3.66. The lowest BCUT2D eigenvalue weighted by Crippen LogP contribution is -2.41.